The highest BCUT2D eigenvalue weighted by molar-refractivity contribution is 5.32. The maximum Gasteiger partial charge on any atom is 0.269 e. The molecule has 0 spiro atoms. The second-order valence-corrected chi connectivity index (χ2v) is 3.84. The van der Waals surface area contributed by atoms with E-state index >= 15 is 0 Å². The molecule has 4 nitrogen and oxygen atoms in total. The zero-order valence-corrected chi connectivity index (χ0v) is 8.55. The molecule has 0 saturated carbocycles. The zero-order valence-electron chi connectivity index (χ0n) is 8.55. The first kappa shape index (κ1) is 10.1. The molecule has 0 aliphatic carbocycles. The molecule has 0 aromatic heterocycles. The van der Waals surface area contributed by atoms with Crippen LogP contribution in [-0.2, 0) is 11.2 Å². The van der Waals surface area contributed by atoms with Crippen LogP contribution in [0.3, 0.4) is 0 Å². The Morgan fingerprint density at radius 2 is 2.00 bits per heavy atom. The summed E-state index contributed by atoms with van der Waals surface area (Å²) in [5.74, 6) is 0. The fourth-order valence-electron chi connectivity index (χ4n) is 1.63. The number of aryl methyl sites for hydroxylation is 1. The van der Waals surface area contributed by atoms with Crippen molar-refractivity contribution < 1.29 is 9.66 Å². The van der Waals surface area contributed by atoms with Crippen LogP contribution in [0.1, 0.15) is 18.9 Å². The minimum atomic E-state index is -0.379. The summed E-state index contributed by atoms with van der Waals surface area (Å²) in [6.45, 7) is 2.06. The summed E-state index contributed by atoms with van der Waals surface area (Å²) >= 11 is 0. The van der Waals surface area contributed by atoms with Crippen molar-refractivity contribution in [3.63, 3.8) is 0 Å². The highest BCUT2D eigenvalue weighted by Gasteiger charge is 2.33. The summed E-state index contributed by atoms with van der Waals surface area (Å²) in [7, 11) is 0. The number of nitrogens with zero attached hydrogens (tertiary/aromatic N) is 1. The van der Waals surface area contributed by atoms with Gasteiger partial charge in [-0.2, -0.15) is 0 Å². The number of rotatable bonds is 4. The topological polar surface area (TPSA) is 55.7 Å². The summed E-state index contributed by atoms with van der Waals surface area (Å²) in [4.78, 5) is 10.0. The lowest BCUT2D eigenvalue weighted by Gasteiger charge is -1.98. The van der Waals surface area contributed by atoms with E-state index in [9.17, 15) is 10.1 Å². The average molecular weight is 207 g/mol. The van der Waals surface area contributed by atoms with Crippen molar-refractivity contribution in [1.82, 2.24) is 0 Å². The molecule has 15 heavy (non-hydrogen) atoms. The first-order chi connectivity index (χ1) is 7.16. The first-order valence-electron chi connectivity index (χ1n) is 5.05. The molecule has 1 aromatic carbocycles. The molecular formula is C11H13NO3. The van der Waals surface area contributed by atoms with E-state index in [0.717, 1.165) is 18.4 Å². The fraction of sp³-hybridized carbons (Fsp3) is 0.455. The van der Waals surface area contributed by atoms with Gasteiger partial charge in [-0.3, -0.25) is 10.1 Å². The van der Waals surface area contributed by atoms with Gasteiger partial charge >= 0.3 is 0 Å². The maximum atomic E-state index is 10.4. The number of epoxide rings is 1. The lowest BCUT2D eigenvalue weighted by molar-refractivity contribution is -0.384. The highest BCUT2D eigenvalue weighted by atomic mass is 16.6. The molecular weight excluding hydrogens is 194 g/mol. The van der Waals surface area contributed by atoms with E-state index < -0.39 is 0 Å². The van der Waals surface area contributed by atoms with Crippen LogP contribution in [0.4, 0.5) is 5.69 Å². The average Bonchev–Trinajstić information content (AvgIpc) is 2.92. The summed E-state index contributed by atoms with van der Waals surface area (Å²) in [5, 5.41) is 10.4. The second-order valence-electron chi connectivity index (χ2n) is 3.84. The second kappa shape index (κ2) is 3.98. The molecule has 2 atom stereocenters. The Morgan fingerprint density at radius 3 is 2.47 bits per heavy atom. The van der Waals surface area contributed by atoms with Crippen LogP contribution in [0, 0.1) is 10.1 Å². The number of ether oxygens (including phenoxy) is 1. The van der Waals surface area contributed by atoms with Gasteiger partial charge in [0.25, 0.3) is 5.69 Å². The van der Waals surface area contributed by atoms with Gasteiger partial charge in [0, 0.05) is 12.1 Å². The molecule has 1 saturated heterocycles. The van der Waals surface area contributed by atoms with Gasteiger partial charge in [0.1, 0.15) is 0 Å². The number of nitro benzene ring substituents is 1. The molecule has 0 N–H and O–H groups in total. The predicted molar refractivity (Wildman–Crippen MR) is 55.8 cm³/mol. The largest absolute Gasteiger partial charge is 0.370 e. The fourth-order valence-corrected chi connectivity index (χ4v) is 1.63. The number of hydrogen-bond acceptors (Lipinski definition) is 3. The molecule has 2 unspecified atom stereocenters. The van der Waals surface area contributed by atoms with Crippen LogP contribution < -0.4 is 0 Å². The van der Waals surface area contributed by atoms with Crippen molar-refractivity contribution in [2.24, 2.45) is 0 Å². The van der Waals surface area contributed by atoms with E-state index in [1.54, 1.807) is 12.1 Å². The molecule has 1 fully saturated rings. The number of hydrogen-bond donors (Lipinski definition) is 0. The van der Waals surface area contributed by atoms with Gasteiger partial charge in [0.05, 0.1) is 17.1 Å². The third kappa shape index (κ3) is 2.53. The van der Waals surface area contributed by atoms with E-state index in [4.69, 9.17) is 4.74 Å². The smallest absolute Gasteiger partial charge is 0.269 e. The Balaban J connectivity index is 1.89. The molecule has 0 radical (unpaired) electrons. The van der Waals surface area contributed by atoms with Crippen molar-refractivity contribution in [1.29, 1.82) is 0 Å². The molecule has 0 bridgehead atoms. The van der Waals surface area contributed by atoms with Crippen LogP contribution in [0.2, 0.25) is 0 Å². The lowest BCUT2D eigenvalue weighted by Crippen LogP contribution is -1.94. The quantitative estimate of drug-likeness (QED) is 0.432. The standard InChI is InChI=1S/C11H13NO3/c1-8-11(15-8)7-4-9-2-5-10(6-3-9)12(13)14/h2-3,5-6,8,11H,4,7H2,1H3. The molecule has 2 rings (SSSR count). The normalized spacial score (nSPS) is 23.8. The Bertz CT molecular complexity index is 361. The monoisotopic (exact) mass is 207 g/mol. The van der Waals surface area contributed by atoms with E-state index in [0.29, 0.717) is 12.2 Å². The minimum Gasteiger partial charge on any atom is -0.370 e. The van der Waals surface area contributed by atoms with Crippen molar-refractivity contribution in [2.45, 2.75) is 32.0 Å². The molecule has 1 heterocycles. The number of non-ortho nitro benzene ring substituents is 1. The van der Waals surface area contributed by atoms with E-state index in [-0.39, 0.29) is 10.6 Å². The van der Waals surface area contributed by atoms with Crippen molar-refractivity contribution in [2.75, 3.05) is 0 Å². The van der Waals surface area contributed by atoms with Crippen LogP contribution in [-0.4, -0.2) is 17.1 Å². The van der Waals surface area contributed by atoms with Gasteiger partial charge in [-0.25, -0.2) is 0 Å². The van der Waals surface area contributed by atoms with Crippen LogP contribution in [0.5, 0.6) is 0 Å². The Labute approximate surface area is 88.0 Å². The molecule has 4 heteroatoms. The van der Waals surface area contributed by atoms with Gasteiger partial charge in [0.2, 0.25) is 0 Å². The molecule has 1 aliphatic heterocycles. The minimum absolute atomic E-state index is 0.148. The van der Waals surface area contributed by atoms with Gasteiger partial charge in [0.15, 0.2) is 0 Å². The molecule has 1 aromatic rings. The molecule has 0 amide bonds. The van der Waals surface area contributed by atoms with E-state index in [1.807, 2.05) is 12.1 Å². The van der Waals surface area contributed by atoms with Crippen LogP contribution >= 0.6 is 0 Å². The van der Waals surface area contributed by atoms with Gasteiger partial charge in [-0.1, -0.05) is 12.1 Å². The van der Waals surface area contributed by atoms with Gasteiger partial charge < -0.3 is 4.74 Å². The Morgan fingerprint density at radius 1 is 1.40 bits per heavy atom. The Kier molecular flexibility index (Phi) is 2.68. The number of nitro groups is 1. The van der Waals surface area contributed by atoms with E-state index in [2.05, 4.69) is 6.92 Å². The van der Waals surface area contributed by atoms with Crippen molar-refractivity contribution in [3.8, 4) is 0 Å². The third-order valence-electron chi connectivity index (χ3n) is 2.70. The lowest BCUT2D eigenvalue weighted by atomic mass is 10.1. The Hall–Kier alpha value is -1.42. The van der Waals surface area contributed by atoms with Crippen molar-refractivity contribution >= 4 is 5.69 Å². The summed E-state index contributed by atoms with van der Waals surface area (Å²) < 4.78 is 5.29. The zero-order chi connectivity index (χ0) is 10.8. The van der Waals surface area contributed by atoms with Crippen LogP contribution in [0.15, 0.2) is 24.3 Å². The van der Waals surface area contributed by atoms with Gasteiger partial charge in [-0.15, -0.1) is 0 Å². The molecule has 80 valence electrons. The maximum absolute atomic E-state index is 10.4. The predicted octanol–water partition coefficient (Wildman–Crippen LogP) is 2.31. The summed E-state index contributed by atoms with van der Waals surface area (Å²) in [5.41, 5.74) is 1.28. The number of benzene rings is 1. The van der Waals surface area contributed by atoms with E-state index in [1.165, 1.54) is 0 Å². The summed E-state index contributed by atoms with van der Waals surface area (Å²) in [6, 6.07) is 6.72. The SMILES string of the molecule is CC1OC1CCc1ccc([N+](=O)[O-])cc1. The third-order valence-corrected chi connectivity index (χ3v) is 2.70. The van der Waals surface area contributed by atoms with Gasteiger partial charge in [-0.05, 0) is 25.3 Å². The highest BCUT2D eigenvalue weighted by Crippen LogP contribution is 2.26. The van der Waals surface area contributed by atoms with Crippen molar-refractivity contribution in [3.05, 3.63) is 39.9 Å². The summed E-state index contributed by atoms with van der Waals surface area (Å²) in [6.07, 6.45) is 2.70. The van der Waals surface area contributed by atoms with Crippen LogP contribution in [0.25, 0.3) is 0 Å². The first-order valence-corrected chi connectivity index (χ1v) is 5.05. The molecule has 1 aliphatic rings.